The number of aliphatic imine (C=N–C) groups is 1. The summed E-state index contributed by atoms with van der Waals surface area (Å²) < 4.78 is 1.24. The van der Waals surface area contributed by atoms with E-state index in [1.165, 1.54) is 9.71 Å². The third-order valence-corrected chi connectivity index (χ3v) is 5.26. The third-order valence-electron chi connectivity index (χ3n) is 4.17. The molecule has 6 nitrogen and oxygen atoms in total. The van der Waals surface area contributed by atoms with Crippen LogP contribution in [0.4, 0.5) is 0 Å². The van der Waals surface area contributed by atoms with E-state index in [0.717, 1.165) is 50.2 Å². The summed E-state index contributed by atoms with van der Waals surface area (Å²) in [5.41, 5.74) is 1.08. The van der Waals surface area contributed by atoms with Crippen molar-refractivity contribution in [3.05, 3.63) is 29.3 Å². The van der Waals surface area contributed by atoms with Crippen molar-refractivity contribution in [2.45, 2.75) is 32.6 Å². The van der Waals surface area contributed by atoms with E-state index in [2.05, 4.69) is 44.1 Å². The predicted molar refractivity (Wildman–Crippen MR) is 123 cm³/mol. The van der Waals surface area contributed by atoms with Gasteiger partial charge in [0.25, 0.3) is 0 Å². The molecular weight excluding hydrogens is 473 g/mol. The fourth-order valence-electron chi connectivity index (χ4n) is 2.65. The van der Waals surface area contributed by atoms with Gasteiger partial charge in [0.05, 0.1) is 15.2 Å². The summed E-state index contributed by atoms with van der Waals surface area (Å²) in [4.78, 5) is 20.9. The SMILES string of the molecule is CCNC(=NCCCc1nc2ccccc2s1)NCCNC(=O)C1CC1.I. The number of aromatic nitrogens is 1. The van der Waals surface area contributed by atoms with E-state index in [1.54, 1.807) is 11.3 Å². The van der Waals surface area contributed by atoms with Crippen LogP contribution in [0.25, 0.3) is 10.2 Å². The fraction of sp³-hybridized carbons (Fsp3) is 0.526. The Kier molecular flexibility index (Phi) is 9.26. The molecule has 0 spiro atoms. The minimum Gasteiger partial charge on any atom is -0.357 e. The number of aryl methyl sites for hydroxylation is 1. The predicted octanol–water partition coefficient (Wildman–Crippen LogP) is 2.93. The first-order chi connectivity index (χ1) is 12.8. The minimum atomic E-state index is 0. The number of hydrogen-bond acceptors (Lipinski definition) is 4. The first-order valence-corrected chi connectivity index (χ1v) is 10.2. The summed E-state index contributed by atoms with van der Waals surface area (Å²) >= 11 is 1.76. The first-order valence-electron chi connectivity index (χ1n) is 9.40. The number of benzene rings is 1. The molecule has 0 unspecified atom stereocenters. The number of amides is 1. The molecule has 0 bridgehead atoms. The topological polar surface area (TPSA) is 78.4 Å². The monoisotopic (exact) mass is 501 g/mol. The zero-order chi connectivity index (χ0) is 18.2. The highest BCUT2D eigenvalue weighted by molar-refractivity contribution is 14.0. The van der Waals surface area contributed by atoms with Gasteiger partial charge in [-0.15, -0.1) is 35.3 Å². The van der Waals surface area contributed by atoms with Crippen molar-refractivity contribution in [3.8, 4) is 0 Å². The van der Waals surface area contributed by atoms with Crippen molar-refractivity contribution < 1.29 is 4.79 Å². The highest BCUT2D eigenvalue weighted by Crippen LogP contribution is 2.28. The zero-order valence-corrected chi connectivity index (χ0v) is 18.8. The molecule has 0 saturated heterocycles. The molecule has 2 aromatic rings. The van der Waals surface area contributed by atoms with Crippen LogP contribution >= 0.6 is 35.3 Å². The van der Waals surface area contributed by atoms with E-state index in [9.17, 15) is 4.79 Å². The largest absolute Gasteiger partial charge is 0.357 e. The summed E-state index contributed by atoms with van der Waals surface area (Å²) in [5.74, 6) is 1.25. The van der Waals surface area contributed by atoms with E-state index in [1.807, 2.05) is 13.0 Å². The van der Waals surface area contributed by atoms with Crippen LogP contribution in [0.15, 0.2) is 29.3 Å². The van der Waals surface area contributed by atoms with Crippen molar-refractivity contribution in [2.24, 2.45) is 10.9 Å². The van der Waals surface area contributed by atoms with Gasteiger partial charge in [-0.2, -0.15) is 0 Å². The van der Waals surface area contributed by atoms with Crippen LogP contribution in [0, 0.1) is 5.92 Å². The number of guanidine groups is 1. The van der Waals surface area contributed by atoms with E-state index in [0.29, 0.717) is 13.1 Å². The highest BCUT2D eigenvalue weighted by Gasteiger charge is 2.28. The minimum absolute atomic E-state index is 0. The summed E-state index contributed by atoms with van der Waals surface area (Å²) in [6, 6.07) is 8.25. The van der Waals surface area contributed by atoms with Gasteiger partial charge in [-0.05, 0) is 38.3 Å². The van der Waals surface area contributed by atoms with Crippen LogP contribution in [0.3, 0.4) is 0 Å². The van der Waals surface area contributed by atoms with Gasteiger partial charge >= 0.3 is 0 Å². The number of fused-ring (bicyclic) bond motifs is 1. The van der Waals surface area contributed by atoms with E-state index in [-0.39, 0.29) is 35.8 Å². The Hall–Kier alpha value is -1.42. The second kappa shape index (κ2) is 11.4. The summed E-state index contributed by atoms with van der Waals surface area (Å²) in [7, 11) is 0. The molecule has 1 fully saturated rings. The molecule has 1 aliphatic rings. The Morgan fingerprint density at radius 2 is 2.00 bits per heavy atom. The molecule has 0 aliphatic heterocycles. The van der Waals surface area contributed by atoms with Gasteiger partial charge in [-0.3, -0.25) is 9.79 Å². The normalized spacial score (nSPS) is 13.9. The Morgan fingerprint density at radius 1 is 1.22 bits per heavy atom. The second-order valence-electron chi connectivity index (χ2n) is 6.43. The molecule has 1 aromatic carbocycles. The number of carbonyl (C=O) groups excluding carboxylic acids is 1. The van der Waals surface area contributed by atoms with Gasteiger partial charge in [0, 0.05) is 38.5 Å². The maximum absolute atomic E-state index is 11.6. The molecule has 27 heavy (non-hydrogen) atoms. The highest BCUT2D eigenvalue weighted by atomic mass is 127. The smallest absolute Gasteiger partial charge is 0.223 e. The average molecular weight is 501 g/mol. The van der Waals surface area contributed by atoms with Crippen LogP contribution in [-0.2, 0) is 11.2 Å². The number of nitrogens with one attached hydrogen (secondary N) is 3. The Morgan fingerprint density at radius 3 is 2.74 bits per heavy atom. The standard InChI is InChI=1S/C19H27N5OS.HI/c1-2-20-19(23-13-12-21-18(25)14-9-10-14)22-11-5-8-17-24-15-6-3-4-7-16(15)26-17;/h3-4,6-7,14H,2,5,8-13H2,1H3,(H,21,25)(H2,20,22,23);1H. The summed E-state index contributed by atoms with van der Waals surface area (Å²) in [6.07, 6.45) is 3.99. The molecule has 1 saturated carbocycles. The molecule has 1 aromatic heterocycles. The maximum Gasteiger partial charge on any atom is 0.223 e. The molecule has 1 amide bonds. The van der Waals surface area contributed by atoms with Crippen molar-refractivity contribution in [1.29, 1.82) is 0 Å². The van der Waals surface area contributed by atoms with Gasteiger partial charge in [0.1, 0.15) is 0 Å². The van der Waals surface area contributed by atoms with Crippen molar-refractivity contribution in [1.82, 2.24) is 20.9 Å². The Balaban J connectivity index is 0.00000261. The van der Waals surface area contributed by atoms with Gasteiger partial charge < -0.3 is 16.0 Å². The quantitative estimate of drug-likeness (QED) is 0.214. The number of para-hydroxylation sites is 1. The maximum atomic E-state index is 11.6. The first kappa shape index (κ1) is 21.9. The molecular formula is C19H28IN5OS. The molecule has 0 atom stereocenters. The number of thiazole rings is 1. The summed E-state index contributed by atoms with van der Waals surface area (Å²) in [6.45, 7) is 4.93. The van der Waals surface area contributed by atoms with E-state index in [4.69, 9.17) is 0 Å². The van der Waals surface area contributed by atoms with E-state index < -0.39 is 0 Å². The average Bonchev–Trinajstić information content (AvgIpc) is 3.41. The third kappa shape index (κ3) is 7.25. The van der Waals surface area contributed by atoms with Gasteiger partial charge in [-0.25, -0.2) is 4.98 Å². The van der Waals surface area contributed by atoms with Crippen molar-refractivity contribution in [3.63, 3.8) is 0 Å². The van der Waals surface area contributed by atoms with Crippen molar-refractivity contribution in [2.75, 3.05) is 26.2 Å². The van der Waals surface area contributed by atoms with Crippen LogP contribution < -0.4 is 16.0 Å². The molecule has 1 aliphatic carbocycles. The van der Waals surface area contributed by atoms with Crippen LogP contribution in [0.1, 0.15) is 31.2 Å². The number of halogens is 1. The number of carbonyl (C=O) groups is 1. The Bertz CT molecular complexity index is 726. The molecule has 3 rings (SSSR count). The van der Waals surface area contributed by atoms with E-state index >= 15 is 0 Å². The molecule has 148 valence electrons. The molecule has 8 heteroatoms. The van der Waals surface area contributed by atoms with Crippen LogP contribution in [-0.4, -0.2) is 43.0 Å². The number of hydrogen-bond donors (Lipinski definition) is 3. The lowest BCUT2D eigenvalue weighted by molar-refractivity contribution is -0.122. The molecule has 3 N–H and O–H groups in total. The number of nitrogens with zero attached hydrogens (tertiary/aromatic N) is 2. The lowest BCUT2D eigenvalue weighted by Crippen LogP contribution is -2.41. The zero-order valence-electron chi connectivity index (χ0n) is 15.7. The van der Waals surface area contributed by atoms with Gasteiger partial charge in [0.15, 0.2) is 5.96 Å². The fourth-order valence-corrected chi connectivity index (χ4v) is 3.66. The van der Waals surface area contributed by atoms with Crippen molar-refractivity contribution >= 4 is 57.4 Å². The van der Waals surface area contributed by atoms with Gasteiger partial charge in [-0.1, -0.05) is 12.1 Å². The number of rotatable bonds is 9. The lowest BCUT2D eigenvalue weighted by atomic mass is 10.3. The van der Waals surface area contributed by atoms with Crippen LogP contribution in [0.2, 0.25) is 0 Å². The Labute approximate surface area is 181 Å². The summed E-state index contributed by atoms with van der Waals surface area (Å²) in [5, 5.41) is 10.6. The molecule has 0 radical (unpaired) electrons. The molecule has 1 heterocycles. The van der Waals surface area contributed by atoms with Crippen LogP contribution in [0.5, 0.6) is 0 Å². The van der Waals surface area contributed by atoms with Gasteiger partial charge in [0.2, 0.25) is 5.91 Å². The lowest BCUT2D eigenvalue weighted by Gasteiger charge is -2.11. The second-order valence-corrected chi connectivity index (χ2v) is 7.55.